The molecule has 4 aromatic rings. The van der Waals surface area contributed by atoms with E-state index in [1.807, 2.05) is 48.5 Å². The summed E-state index contributed by atoms with van der Waals surface area (Å²) in [5.41, 5.74) is 2.77. The summed E-state index contributed by atoms with van der Waals surface area (Å²) in [5.74, 6) is 0.838. The molecule has 0 spiro atoms. The number of nitrogens with zero attached hydrogens (tertiary/aromatic N) is 2. The summed E-state index contributed by atoms with van der Waals surface area (Å²) in [7, 11) is 0. The monoisotopic (exact) mass is 469 g/mol. The van der Waals surface area contributed by atoms with Gasteiger partial charge >= 0.3 is 0 Å². The van der Waals surface area contributed by atoms with Crippen molar-refractivity contribution in [1.82, 2.24) is 20.4 Å². The van der Waals surface area contributed by atoms with Gasteiger partial charge < -0.3 is 15.1 Å². The van der Waals surface area contributed by atoms with Crippen LogP contribution in [0.5, 0.6) is 0 Å². The van der Waals surface area contributed by atoms with E-state index < -0.39 is 6.29 Å². The first-order chi connectivity index (χ1) is 17.2. The number of anilines is 1. The Bertz CT molecular complexity index is 1270. The number of furan rings is 1. The third kappa shape index (κ3) is 5.50. The number of benzene rings is 2. The van der Waals surface area contributed by atoms with E-state index in [4.69, 9.17) is 4.42 Å². The molecule has 0 radical (unpaired) electrons. The highest BCUT2D eigenvalue weighted by atomic mass is 16.3. The van der Waals surface area contributed by atoms with Crippen LogP contribution in [-0.2, 0) is 16.0 Å². The fourth-order valence-corrected chi connectivity index (χ4v) is 4.25. The van der Waals surface area contributed by atoms with Gasteiger partial charge in [0.15, 0.2) is 12.0 Å². The Labute approximate surface area is 203 Å². The van der Waals surface area contributed by atoms with Crippen LogP contribution >= 0.6 is 0 Å². The molecule has 8 heteroatoms. The van der Waals surface area contributed by atoms with E-state index in [1.54, 1.807) is 29.1 Å². The van der Waals surface area contributed by atoms with E-state index in [0.29, 0.717) is 30.1 Å². The molecule has 8 nitrogen and oxygen atoms in total. The summed E-state index contributed by atoms with van der Waals surface area (Å²) in [4.78, 5) is 25.4. The number of aryl methyl sites for hydroxylation is 1. The van der Waals surface area contributed by atoms with Crippen molar-refractivity contribution in [3.8, 4) is 11.5 Å². The van der Waals surface area contributed by atoms with Crippen LogP contribution < -0.4 is 16.0 Å². The van der Waals surface area contributed by atoms with Gasteiger partial charge in [-0.05, 0) is 36.1 Å². The van der Waals surface area contributed by atoms with Crippen molar-refractivity contribution in [2.24, 2.45) is 0 Å². The van der Waals surface area contributed by atoms with Crippen LogP contribution in [0.4, 0.5) is 5.82 Å². The Kier molecular flexibility index (Phi) is 6.72. The van der Waals surface area contributed by atoms with Crippen LogP contribution in [0.1, 0.15) is 42.7 Å². The lowest BCUT2D eigenvalue weighted by atomic mass is 10.0. The second-order valence-electron chi connectivity index (χ2n) is 8.53. The Morgan fingerprint density at radius 2 is 1.83 bits per heavy atom. The average molecular weight is 470 g/mol. The minimum absolute atomic E-state index is 0.0993. The van der Waals surface area contributed by atoms with Crippen molar-refractivity contribution in [2.45, 2.75) is 38.0 Å². The lowest BCUT2D eigenvalue weighted by Crippen LogP contribution is -2.50. The van der Waals surface area contributed by atoms with Crippen molar-refractivity contribution < 1.29 is 14.0 Å². The molecule has 3 heterocycles. The van der Waals surface area contributed by atoms with Gasteiger partial charge in [-0.1, -0.05) is 60.7 Å². The Balaban J connectivity index is 1.34. The molecule has 0 bridgehead atoms. The summed E-state index contributed by atoms with van der Waals surface area (Å²) in [6, 6.07) is 25.1. The predicted molar refractivity (Wildman–Crippen MR) is 132 cm³/mol. The molecule has 35 heavy (non-hydrogen) atoms. The fraction of sp³-hybridized carbons (Fsp3) is 0.222. The number of hydrogen-bond acceptors (Lipinski definition) is 5. The minimum atomic E-state index is -0.634. The maximum absolute atomic E-state index is 12.8. The molecule has 5 rings (SSSR count). The molecule has 1 saturated heterocycles. The normalized spacial score (nSPS) is 17.7. The molecule has 2 amide bonds. The Morgan fingerprint density at radius 1 is 1.06 bits per heavy atom. The summed E-state index contributed by atoms with van der Waals surface area (Å²) >= 11 is 0. The summed E-state index contributed by atoms with van der Waals surface area (Å²) in [6.45, 7) is 0. The van der Waals surface area contributed by atoms with Crippen LogP contribution in [0, 0.1) is 0 Å². The third-order valence-electron chi connectivity index (χ3n) is 5.98. The molecule has 0 saturated carbocycles. The molecule has 178 valence electrons. The fourth-order valence-electron chi connectivity index (χ4n) is 4.25. The van der Waals surface area contributed by atoms with E-state index in [9.17, 15) is 9.59 Å². The van der Waals surface area contributed by atoms with Crippen molar-refractivity contribution in [3.05, 3.63) is 96.3 Å². The summed E-state index contributed by atoms with van der Waals surface area (Å²) in [6.07, 6.45) is 3.17. The first-order valence-corrected chi connectivity index (χ1v) is 11.7. The van der Waals surface area contributed by atoms with Crippen molar-refractivity contribution in [1.29, 1.82) is 0 Å². The van der Waals surface area contributed by atoms with Gasteiger partial charge in [0.05, 0.1) is 6.26 Å². The molecular formula is C27H27N5O3. The van der Waals surface area contributed by atoms with Gasteiger partial charge in [0.1, 0.15) is 11.5 Å². The largest absolute Gasteiger partial charge is 0.463 e. The molecule has 2 unspecified atom stereocenters. The average Bonchev–Trinajstić information content (AvgIpc) is 3.55. The van der Waals surface area contributed by atoms with E-state index in [0.717, 1.165) is 18.4 Å². The molecule has 0 aliphatic carbocycles. The van der Waals surface area contributed by atoms with Crippen molar-refractivity contribution in [3.63, 3.8) is 0 Å². The highest BCUT2D eigenvalue weighted by Gasteiger charge is 2.30. The molecule has 2 aromatic carbocycles. The maximum atomic E-state index is 12.8. The standard InChI is InChI=1S/C27H27N5O3/c33-25(15-7-11-19-9-3-1-4-10-19)29-24-17-22(23-14-8-16-35-23)31-32(24)27-28-21(18-26(34)30-27)20-12-5-2-6-13-20/h1-6,8-10,12-14,16-17,21,27-28H,7,11,15,18H2,(H,29,33)(H,30,34). The van der Waals surface area contributed by atoms with Gasteiger partial charge in [-0.15, -0.1) is 0 Å². The van der Waals surface area contributed by atoms with Gasteiger partial charge in [-0.25, -0.2) is 4.68 Å². The number of hydrogen-bond donors (Lipinski definition) is 3. The predicted octanol–water partition coefficient (Wildman–Crippen LogP) is 4.41. The highest BCUT2D eigenvalue weighted by Crippen LogP contribution is 2.28. The lowest BCUT2D eigenvalue weighted by Gasteiger charge is -2.32. The molecule has 3 N–H and O–H groups in total. The van der Waals surface area contributed by atoms with Crippen molar-refractivity contribution in [2.75, 3.05) is 5.32 Å². The van der Waals surface area contributed by atoms with E-state index in [2.05, 4.69) is 33.2 Å². The Hall–Kier alpha value is -4.17. The van der Waals surface area contributed by atoms with Crippen LogP contribution in [0.25, 0.3) is 11.5 Å². The molecule has 1 fully saturated rings. The number of carbonyl (C=O) groups excluding carboxylic acids is 2. The zero-order valence-corrected chi connectivity index (χ0v) is 19.2. The van der Waals surface area contributed by atoms with Gasteiger partial charge in [0.25, 0.3) is 0 Å². The molecule has 2 aromatic heterocycles. The maximum Gasteiger partial charge on any atom is 0.225 e. The van der Waals surface area contributed by atoms with E-state index in [1.165, 1.54) is 5.56 Å². The number of aromatic nitrogens is 2. The zero-order valence-electron chi connectivity index (χ0n) is 19.2. The molecule has 2 atom stereocenters. The Morgan fingerprint density at radius 3 is 2.57 bits per heavy atom. The number of rotatable bonds is 8. The molecule has 1 aliphatic heterocycles. The van der Waals surface area contributed by atoms with Crippen LogP contribution in [0.15, 0.2) is 89.5 Å². The molecular weight excluding hydrogens is 442 g/mol. The zero-order chi connectivity index (χ0) is 24.0. The number of amides is 2. The first kappa shape index (κ1) is 22.6. The second-order valence-corrected chi connectivity index (χ2v) is 8.53. The first-order valence-electron chi connectivity index (χ1n) is 11.7. The summed E-state index contributed by atoms with van der Waals surface area (Å²) < 4.78 is 7.11. The smallest absolute Gasteiger partial charge is 0.225 e. The number of nitrogens with one attached hydrogen (secondary N) is 3. The summed E-state index contributed by atoms with van der Waals surface area (Å²) in [5, 5.41) is 14.0. The van der Waals surface area contributed by atoms with Gasteiger partial charge in [0.2, 0.25) is 11.8 Å². The van der Waals surface area contributed by atoms with Gasteiger partial charge in [-0.3, -0.25) is 14.9 Å². The van der Waals surface area contributed by atoms with Crippen LogP contribution in [0.3, 0.4) is 0 Å². The van der Waals surface area contributed by atoms with E-state index in [-0.39, 0.29) is 17.9 Å². The van der Waals surface area contributed by atoms with Crippen LogP contribution in [0.2, 0.25) is 0 Å². The highest BCUT2D eigenvalue weighted by molar-refractivity contribution is 5.90. The minimum Gasteiger partial charge on any atom is -0.463 e. The van der Waals surface area contributed by atoms with Crippen LogP contribution in [-0.4, -0.2) is 21.6 Å². The van der Waals surface area contributed by atoms with Gasteiger partial charge in [-0.2, -0.15) is 5.10 Å². The lowest BCUT2D eigenvalue weighted by molar-refractivity contribution is -0.125. The third-order valence-corrected chi connectivity index (χ3v) is 5.98. The molecule has 1 aliphatic rings. The van der Waals surface area contributed by atoms with Crippen molar-refractivity contribution >= 4 is 17.6 Å². The quantitative estimate of drug-likeness (QED) is 0.355. The SMILES string of the molecule is O=C(CCCc1ccccc1)Nc1cc(-c2ccco2)nn1C1NC(=O)CC(c2ccccc2)N1. The van der Waals surface area contributed by atoms with E-state index >= 15 is 0 Å². The van der Waals surface area contributed by atoms with Gasteiger partial charge in [0, 0.05) is 24.9 Å². The second kappa shape index (κ2) is 10.4. The number of carbonyl (C=O) groups is 2. The topological polar surface area (TPSA) is 101 Å².